The first-order valence-electron chi connectivity index (χ1n) is 4.08. The number of hydrogen-bond acceptors (Lipinski definition) is 6. The van der Waals surface area contributed by atoms with E-state index in [1.807, 2.05) is 0 Å². The van der Waals surface area contributed by atoms with Crippen LogP contribution >= 0.6 is 0 Å². The van der Waals surface area contributed by atoms with Gasteiger partial charge in [0.15, 0.2) is 0 Å². The molecule has 6 nitrogen and oxygen atoms in total. The molecule has 0 amide bonds. The van der Waals surface area contributed by atoms with Crippen molar-refractivity contribution in [1.29, 1.82) is 0 Å². The van der Waals surface area contributed by atoms with Gasteiger partial charge in [-0.05, 0) is 6.42 Å². The minimum atomic E-state index is -1.98. The summed E-state index contributed by atoms with van der Waals surface area (Å²) in [6.45, 7) is 1.59. The van der Waals surface area contributed by atoms with Crippen LogP contribution in [0.5, 0.6) is 0 Å². The Bertz CT molecular complexity index is 354. The van der Waals surface area contributed by atoms with E-state index in [-0.39, 0.29) is 6.42 Å². The van der Waals surface area contributed by atoms with Gasteiger partial charge in [0.1, 0.15) is 0 Å². The molecular formula is C8H6O6. The molecule has 0 radical (unpaired) electrons. The summed E-state index contributed by atoms with van der Waals surface area (Å²) in [7, 11) is 0. The van der Waals surface area contributed by atoms with Gasteiger partial charge in [-0.25, -0.2) is 14.4 Å². The van der Waals surface area contributed by atoms with Gasteiger partial charge in [-0.3, -0.25) is 4.79 Å². The van der Waals surface area contributed by atoms with Crippen molar-refractivity contribution < 1.29 is 28.7 Å². The number of rotatable bonds is 1. The van der Waals surface area contributed by atoms with Gasteiger partial charge >= 0.3 is 23.9 Å². The van der Waals surface area contributed by atoms with E-state index >= 15 is 0 Å². The van der Waals surface area contributed by atoms with E-state index < -0.39 is 35.2 Å². The van der Waals surface area contributed by atoms with Crippen LogP contribution in [0.15, 0.2) is 0 Å². The highest BCUT2D eigenvalue weighted by Crippen LogP contribution is 2.46. The van der Waals surface area contributed by atoms with Crippen LogP contribution < -0.4 is 0 Å². The van der Waals surface area contributed by atoms with Crippen molar-refractivity contribution in [2.75, 3.05) is 0 Å². The molecule has 0 aromatic carbocycles. The average Bonchev–Trinajstić information content (AvgIpc) is 2.39. The van der Waals surface area contributed by atoms with Crippen LogP contribution in [0.25, 0.3) is 0 Å². The highest BCUT2D eigenvalue weighted by molar-refractivity contribution is 6.32. The van der Waals surface area contributed by atoms with Gasteiger partial charge in [0, 0.05) is 0 Å². The molecule has 1 unspecified atom stereocenters. The molecule has 2 saturated heterocycles. The van der Waals surface area contributed by atoms with Crippen molar-refractivity contribution >= 4 is 23.9 Å². The Morgan fingerprint density at radius 3 is 1.93 bits per heavy atom. The van der Waals surface area contributed by atoms with E-state index in [9.17, 15) is 19.2 Å². The van der Waals surface area contributed by atoms with E-state index in [1.54, 1.807) is 6.92 Å². The molecule has 0 aromatic heterocycles. The van der Waals surface area contributed by atoms with Crippen molar-refractivity contribution in [3.8, 4) is 0 Å². The van der Waals surface area contributed by atoms with Crippen molar-refractivity contribution in [1.82, 2.24) is 0 Å². The highest BCUT2D eigenvalue weighted by Gasteiger charge is 2.76. The maximum absolute atomic E-state index is 11.2. The summed E-state index contributed by atoms with van der Waals surface area (Å²) in [5, 5.41) is 0. The molecule has 0 aliphatic carbocycles. The molecular weight excluding hydrogens is 192 g/mol. The zero-order valence-corrected chi connectivity index (χ0v) is 7.23. The van der Waals surface area contributed by atoms with E-state index in [4.69, 9.17) is 0 Å². The Morgan fingerprint density at radius 1 is 1.07 bits per heavy atom. The number of ether oxygens (including phenoxy) is 2. The van der Waals surface area contributed by atoms with Gasteiger partial charge in [-0.2, -0.15) is 0 Å². The van der Waals surface area contributed by atoms with E-state index in [1.165, 1.54) is 0 Å². The summed E-state index contributed by atoms with van der Waals surface area (Å²) in [6, 6.07) is 0. The molecule has 14 heavy (non-hydrogen) atoms. The lowest BCUT2D eigenvalue weighted by Crippen LogP contribution is -2.60. The summed E-state index contributed by atoms with van der Waals surface area (Å²) in [4.78, 5) is 44.5. The summed E-state index contributed by atoms with van der Waals surface area (Å²) in [5.74, 6) is -4.92. The first kappa shape index (κ1) is 8.86. The zero-order valence-electron chi connectivity index (χ0n) is 7.23. The Balaban J connectivity index is 2.51. The predicted octanol–water partition coefficient (Wildman–Crippen LogP) is -0.834. The fourth-order valence-corrected chi connectivity index (χ4v) is 1.77. The molecule has 0 aromatic rings. The Labute approximate surface area is 78.2 Å². The first-order valence-corrected chi connectivity index (χ1v) is 4.08. The second-order valence-corrected chi connectivity index (χ2v) is 3.15. The Morgan fingerprint density at radius 2 is 1.57 bits per heavy atom. The predicted molar refractivity (Wildman–Crippen MR) is 38.4 cm³/mol. The second-order valence-electron chi connectivity index (χ2n) is 3.15. The quantitative estimate of drug-likeness (QED) is 0.403. The third-order valence-electron chi connectivity index (χ3n) is 2.56. The second kappa shape index (κ2) is 2.40. The number of carbonyl (C=O) groups is 4. The third-order valence-corrected chi connectivity index (χ3v) is 2.56. The minimum absolute atomic E-state index is 0.186. The van der Waals surface area contributed by atoms with Crippen molar-refractivity contribution in [3.63, 3.8) is 0 Å². The maximum Gasteiger partial charge on any atom is 0.343 e. The van der Waals surface area contributed by atoms with Crippen LogP contribution in [0.4, 0.5) is 0 Å². The monoisotopic (exact) mass is 198 g/mol. The zero-order chi connectivity index (χ0) is 10.5. The lowest BCUT2D eigenvalue weighted by atomic mass is 9.73. The molecule has 6 heteroatoms. The van der Waals surface area contributed by atoms with Crippen LogP contribution in [-0.2, 0) is 28.7 Å². The van der Waals surface area contributed by atoms with Gasteiger partial charge in [0.25, 0.3) is 5.41 Å². The Hall–Kier alpha value is -1.72. The van der Waals surface area contributed by atoms with Crippen LogP contribution in [0, 0.1) is 11.3 Å². The van der Waals surface area contributed by atoms with Gasteiger partial charge in [0.2, 0.25) is 0 Å². The van der Waals surface area contributed by atoms with Crippen LogP contribution in [0.3, 0.4) is 0 Å². The minimum Gasteiger partial charge on any atom is -0.392 e. The van der Waals surface area contributed by atoms with Crippen LogP contribution in [0.1, 0.15) is 13.3 Å². The molecule has 2 aliphatic heterocycles. The topological polar surface area (TPSA) is 86.7 Å². The smallest absolute Gasteiger partial charge is 0.343 e. The molecule has 1 spiro atoms. The lowest BCUT2D eigenvalue weighted by Gasteiger charge is -2.31. The van der Waals surface area contributed by atoms with Gasteiger partial charge in [0.05, 0.1) is 5.92 Å². The number of esters is 4. The molecule has 2 fully saturated rings. The number of carbonyl (C=O) groups excluding carboxylic acids is 4. The van der Waals surface area contributed by atoms with Crippen molar-refractivity contribution in [3.05, 3.63) is 0 Å². The molecule has 1 atom stereocenters. The fraction of sp³-hybridized carbons (Fsp3) is 0.500. The molecule has 0 saturated carbocycles. The summed E-state index contributed by atoms with van der Waals surface area (Å²) < 4.78 is 8.36. The van der Waals surface area contributed by atoms with Crippen molar-refractivity contribution in [2.45, 2.75) is 13.3 Å². The molecule has 2 heterocycles. The van der Waals surface area contributed by atoms with Gasteiger partial charge < -0.3 is 9.47 Å². The lowest BCUT2D eigenvalue weighted by molar-refractivity contribution is -0.201. The third kappa shape index (κ3) is 0.673. The molecule has 74 valence electrons. The number of cyclic esters (lactones) is 4. The summed E-state index contributed by atoms with van der Waals surface area (Å²) in [6.07, 6.45) is 0.186. The maximum atomic E-state index is 11.2. The van der Waals surface area contributed by atoms with Crippen molar-refractivity contribution in [2.24, 2.45) is 11.3 Å². The van der Waals surface area contributed by atoms with Gasteiger partial charge in [-0.1, -0.05) is 6.92 Å². The molecule has 0 N–H and O–H groups in total. The van der Waals surface area contributed by atoms with E-state index in [2.05, 4.69) is 9.47 Å². The highest BCUT2D eigenvalue weighted by atomic mass is 16.6. The normalized spacial score (nSPS) is 28.8. The summed E-state index contributed by atoms with van der Waals surface area (Å²) >= 11 is 0. The Kier molecular flexibility index (Phi) is 1.52. The van der Waals surface area contributed by atoms with Gasteiger partial charge in [-0.15, -0.1) is 0 Å². The molecule has 0 bridgehead atoms. The van der Waals surface area contributed by atoms with Crippen LogP contribution in [-0.4, -0.2) is 23.9 Å². The standard InChI is InChI=1S/C8H6O6/c1-2-3-4(9)13-5(10)8(3)6(11)14-7(8)12/h3H,2H2,1H3. The van der Waals surface area contributed by atoms with Crippen LogP contribution in [0.2, 0.25) is 0 Å². The fourth-order valence-electron chi connectivity index (χ4n) is 1.77. The van der Waals surface area contributed by atoms with E-state index in [0.29, 0.717) is 0 Å². The molecule has 2 aliphatic rings. The first-order chi connectivity index (χ1) is 6.55. The average molecular weight is 198 g/mol. The number of hydrogen-bond donors (Lipinski definition) is 0. The van der Waals surface area contributed by atoms with E-state index in [0.717, 1.165) is 0 Å². The largest absolute Gasteiger partial charge is 0.392 e. The summed E-state index contributed by atoms with van der Waals surface area (Å²) in [5.41, 5.74) is -1.98. The SMILES string of the molecule is CCC1C(=O)OC(=O)C12C(=O)OC2=O. The molecule has 2 rings (SSSR count).